The molecule has 0 amide bonds. The fraction of sp³-hybridized carbons (Fsp3) is 0.519. The number of aryl methyl sites for hydroxylation is 4. The molecular formula is C108H205IN8S3+4. The highest BCUT2D eigenvalue weighted by Crippen LogP contribution is 2.22. The predicted molar refractivity (Wildman–Crippen MR) is 584 cm³/mol. The first-order valence-electron chi connectivity index (χ1n) is 45.3. The molecule has 0 bridgehead atoms. The van der Waals surface area contributed by atoms with Gasteiger partial charge in [-0.1, -0.05) is 364 Å². The van der Waals surface area contributed by atoms with Crippen molar-refractivity contribution in [2.75, 3.05) is 40.2 Å². The number of benzene rings is 4. The van der Waals surface area contributed by atoms with E-state index < -0.39 is 0 Å². The van der Waals surface area contributed by atoms with E-state index in [0.717, 1.165) is 61.1 Å². The molecule has 0 spiro atoms. The number of unbranched alkanes of at least 4 members (excludes halogenated alkanes) is 1. The monoisotopic (exact) mass is 1840 g/mol. The molecule has 0 aliphatic carbocycles. The maximum atomic E-state index is 5.36. The van der Waals surface area contributed by atoms with Crippen LogP contribution < -0.4 is 41.2 Å². The molecule has 8 N–H and O–H groups in total. The third kappa shape index (κ3) is 146. The maximum absolute atomic E-state index is 5.36. The molecule has 0 saturated carbocycles. The lowest BCUT2D eigenvalue weighted by Crippen LogP contribution is -2.32. The van der Waals surface area contributed by atoms with Gasteiger partial charge < -0.3 is 22.9 Å². The Hall–Kier alpha value is -6.58. The van der Waals surface area contributed by atoms with Gasteiger partial charge in [0.05, 0.1) is 0 Å². The van der Waals surface area contributed by atoms with Crippen LogP contribution in [0, 0.1) is 0 Å². The summed E-state index contributed by atoms with van der Waals surface area (Å²) >= 11 is 4.14. The summed E-state index contributed by atoms with van der Waals surface area (Å²) in [6.45, 7) is 89.0. The SMILES string of the molecule is C.CC.CC.CC.CC.CC.CC.CC.CC.CC.CC.CC.CC.CC(C)=C(C)C.CC(C)=C(C)C.CCC(C)=C(C)C.CCC(C)=C(C)C.CCCC[n+]1ccccc1.I.Nc1ccccc1.Nc1ccccc1.Nc1ccccc1.Nc1ccccc1.SCCC[n+]1ccccc1.c1cc[n+](CCCSSCCC[n+]2ccccc2)cc1. The minimum absolute atomic E-state index is 0. The normalized spacial score (nSPS) is 7.78. The second kappa shape index (κ2) is 147. The summed E-state index contributed by atoms with van der Waals surface area (Å²) in [7, 11) is 4.00. The number of nitrogens with zero attached hydrogens (tertiary/aromatic N) is 4. The van der Waals surface area contributed by atoms with Crippen molar-refractivity contribution in [3.8, 4) is 0 Å². The van der Waals surface area contributed by atoms with Crippen molar-refractivity contribution in [2.45, 2.75) is 362 Å². The number of anilines is 4. The van der Waals surface area contributed by atoms with Crippen LogP contribution in [0.1, 0.15) is 336 Å². The summed E-state index contributed by atoms with van der Waals surface area (Å²) in [5.41, 5.74) is 36.4. The first kappa shape index (κ1) is 154. The molecule has 0 unspecified atom stereocenters. The summed E-state index contributed by atoms with van der Waals surface area (Å²) in [6, 6.07) is 62.7. The molecule has 4 aromatic carbocycles. The lowest BCUT2D eigenvalue weighted by Gasteiger charge is -1.99. The molecule has 0 radical (unpaired) electrons. The molecule has 120 heavy (non-hydrogen) atoms. The lowest BCUT2D eigenvalue weighted by atomic mass is 10.1. The van der Waals surface area contributed by atoms with Crippen LogP contribution in [0.4, 0.5) is 22.7 Å². The van der Waals surface area contributed by atoms with Crippen molar-refractivity contribution >= 4 is 80.9 Å². The number of hydrogen-bond acceptors (Lipinski definition) is 7. The molecule has 0 fully saturated rings. The van der Waals surface area contributed by atoms with Crippen molar-refractivity contribution in [3.63, 3.8) is 0 Å². The Morgan fingerprint density at radius 2 is 0.408 bits per heavy atom. The molecule has 0 saturated heterocycles. The number of pyridine rings is 4. The van der Waals surface area contributed by atoms with Crippen LogP contribution in [0.3, 0.4) is 0 Å². The van der Waals surface area contributed by atoms with Crippen LogP contribution in [0.25, 0.3) is 0 Å². The third-order valence-electron chi connectivity index (χ3n) is 13.8. The van der Waals surface area contributed by atoms with E-state index >= 15 is 0 Å². The Morgan fingerprint density at radius 3 is 0.525 bits per heavy atom. The first-order chi connectivity index (χ1) is 57.0. The standard InChI is InChI=1S/C16H22N2S2.C9H14N.C8H11NS.2C7H14.4C6H7N.2C6H12.12C2H6.CH4.HI/c1-3-9-17(10-4-1)13-7-15-19-20-16-8-14-18-11-5-2-6-12-18;1-2-3-7-10-8-5-4-6-9-10;10-8-4-7-9-5-2-1-3-6-9;2*1-5-7(4)6(2)3;4*7-6-4-2-1-3-5-6;2*1-5(2)6(3)4;12*1-2;;/h1-6,9-12H,7-8,13-16H2;4-6,8-9H,2-3,7H2,1H3;1-3,5-6H,4,7-8H2;2*5H2,1-4H3;4*1-5H,7H2;2*1-4H3;12*1-2H3;1H4;1H/q+2;+1;;;;;;;;;;;;;;;;;;;;;;;/p+1. The molecular weight excluding hydrogens is 1630 g/mol. The summed E-state index contributed by atoms with van der Waals surface area (Å²) in [5, 5.41) is 0. The fourth-order valence-electron chi connectivity index (χ4n) is 6.18. The van der Waals surface area contributed by atoms with Crippen LogP contribution in [-0.2, 0) is 26.2 Å². The van der Waals surface area contributed by atoms with Gasteiger partial charge in [-0.05, 0) is 164 Å². The van der Waals surface area contributed by atoms with Crippen LogP contribution in [-0.4, -0.2) is 17.3 Å². The summed E-state index contributed by atoms with van der Waals surface area (Å²) in [5.74, 6) is 3.41. The Kier molecular flexibility index (Phi) is 189. The molecule has 8 aromatic rings. The van der Waals surface area contributed by atoms with E-state index in [1.54, 1.807) is 0 Å². The van der Waals surface area contributed by atoms with E-state index in [2.05, 4.69) is 247 Å². The van der Waals surface area contributed by atoms with E-state index in [1.807, 2.05) is 333 Å². The van der Waals surface area contributed by atoms with E-state index in [9.17, 15) is 0 Å². The number of allylic oxidation sites excluding steroid dienone is 8. The summed E-state index contributed by atoms with van der Waals surface area (Å²) < 4.78 is 8.87. The molecule has 4 aromatic heterocycles. The fourth-order valence-corrected chi connectivity index (χ4v) is 8.46. The number of rotatable bonds is 17. The zero-order chi connectivity index (χ0) is 94.8. The van der Waals surface area contributed by atoms with Gasteiger partial charge in [-0.3, -0.25) is 0 Å². The Morgan fingerprint density at radius 1 is 0.250 bits per heavy atom. The first-order valence-corrected chi connectivity index (χ1v) is 48.5. The van der Waals surface area contributed by atoms with Crippen molar-refractivity contribution in [3.05, 3.63) is 288 Å². The maximum Gasteiger partial charge on any atom is 0.168 e. The largest absolute Gasteiger partial charge is 0.399 e. The van der Waals surface area contributed by atoms with Gasteiger partial charge in [0.2, 0.25) is 0 Å². The lowest BCUT2D eigenvalue weighted by molar-refractivity contribution is -0.697. The highest BCUT2D eigenvalue weighted by Gasteiger charge is 2.01. The average molecular weight is 1840 g/mol. The molecule has 8 rings (SSSR count). The van der Waals surface area contributed by atoms with Gasteiger partial charge >= 0.3 is 0 Å². The van der Waals surface area contributed by atoms with Crippen molar-refractivity contribution in [2.24, 2.45) is 0 Å². The van der Waals surface area contributed by atoms with Gasteiger partial charge in [-0.25, -0.2) is 18.3 Å². The smallest absolute Gasteiger partial charge is 0.168 e. The highest BCUT2D eigenvalue weighted by molar-refractivity contribution is 14.0. The van der Waals surface area contributed by atoms with E-state index in [0.29, 0.717) is 0 Å². The molecule has 8 nitrogen and oxygen atoms in total. The molecule has 12 heteroatoms. The molecule has 0 aliphatic rings. The molecule has 0 aliphatic heterocycles. The number of nitrogens with two attached hydrogens (primary N) is 4. The van der Waals surface area contributed by atoms with Gasteiger partial charge in [0.15, 0.2) is 49.6 Å². The Balaban J connectivity index is -0.0000000642. The zero-order valence-electron chi connectivity index (χ0n) is 85.8. The number of para-hydroxylation sites is 4. The van der Waals surface area contributed by atoms with Crippen molar-refractivity contribution in [1.29, 1.82) is 0 Å². The topological polar surface area (TPSA) is 120 Å². The Labute approximate surface area is 784 Å². The second-order valence-electron chi connectivity index (χ2n) is 23.1. The average Bonchev–Trinajstić information content (AvgIpc) is 0.982. The minimum Gasteiger partial charge on any atom is -0.399 e. The van der Waals surface area contributed by atoms with Crippen molar-refractivity contribution in [1.82, 2.24) is 0 Å². The zero-order valence-corrected chi connectivity index (χ0v) is 90.6. The van der Waals surface area contributed by atoms with Crippen LogP contribution in [0.5, 0.6) is 0 Å². The highest BCUT2D eigenvalue weighted by atomic mass is 127. The van der Waals surface area contributed by atoms with Crippen LogP contribution >= 0.6 is 58.2 Å². The third-order valence-corrected chi connectivity index (χ3v) is 16.7. The predicted octanol–water partition coefficient (Wildman–Crippen LogP) is 35.1. The van der Waals surface area contributed by atoms with E-state index in [1.165, 1.54) is 94.6 Å². The van der Waals surface area contributed by atoms with Gasteiger partial charge in [-0.15, -0.1) is 24.0 Å². The molecule has 4 heterocycles. The number of halogens is 1. The van der Waals surface area contributed by atoms with Crippen LogP contribution in [0.15, 0.2) is 288 Å². The number of thiol groups is 1. The molecule has 0 atom stereocenters. The van der Waals surface area contributed by atoms with E-state index in [-0.39, 0.29) is 31.4 Å². The van der Waals surface area contributed by atoms with E-state index in [4.69, 9.17) is 22.9 Å². The second-order valence-corrected chi connectivity index (χ2v) is 26.3. The van der Waals surface area contributed by atoms with Crippen molar-refractivity contribution < 1.29 is 18.3 Å². The summed E-state index contributed by atoms with van der Waals surface area (Å²) in [6.07, 6.45) is 25.4. The van der Waals surface area contributed by atoms with Crippen LogP contribution in [0.2, 0.25) is 0 Å². The number of aromatic nitrogens is 4. The minimum atomic E-state index is 0. The van der Waals surface area contributed by atoms with Gasteiger partial charge in [0.1, 0.15) is 26.2 Å². The molecule has 698 valence electrons. The number of nitrogen functional groups attached to an aromatic ring is 4. The number of hydrogen-bond donors (Lipinski definition) is 5. The quantitative estimate of drug-likeness (QED) is 0.0118. The Bertz CT molecular complexity index is 2720. The van der Waals surface area contributed by atoms with Gasteiger partial charge in [0.25, 0.3) is 0 Å². The van der Waals surface area contributed by atoms with Gasteiger partial charge in [0, 0.05) is 108 Å². The summed E-state index contributed by atoms with van der Waals surface area (Å²) in [4.78, 5) is 0. The van der Waals surface area contributed by atoms with Gasteiger partial charge in [-0.2, -0.15) is 12.6 Å².